The number of esters is 2. The first-order chi connectivity index (χ1) is 14.2. The van der Waals surface area contributed by atoms with E-state index in [4.69, 9.17) is 0 Å². The molecule has 0 bridgehead atoms. The minimum atomic E-state index is -0.648. The number of anilines is 1. The van der Waals surface area contributed by atoms with Crippen LogP contribution in [0.5, 0.6) is 0 Å². The van der Waals surface area contributed by atoms with Crippen molar-refractivity contribution >= 4 is 23.5 Å². The van der Waals surface area contributed by atoms with Crippen LogP contribution in [-0.4, -0.2) is 38.6 Å². The molecule has 0 saturated heterocycles. The molecule has 0 aliphatic rings. The van der Waals surface area contributed by atoms with Crippen molar-refractivity contribution in [2.45, 2.75) is 19.9 Å². The van der Waals surface area contributed by atoms with Crippen molar-refractivity contribution in [2.75, 3.05) is 26.1 Å². The molecule has 0 saturated carbocycles. The number of carbonyl (C=O) groups excluding carboxylic acids is 3. The van der Waals surface area contributed by atoms with Gasteiger partial charge in [0.2, 0.25) is 5.91 Å². The molecule has 2 rings (SSSR count). The van der Waals surface area contributed by atoms with E-state index < -0.39 is 11.9 Å². The Kier molecular flexibility index (Phi) is 8.06. The van der Waals surface area contributed by atoms with Gasteiger partial charge >= 0.3 is 11.9 Å². The fourth-order valence-corrected chi connectivity index (χ4v) is 2.99. The molecule has 7 nitrogen and oxygen atoms in total. The highest BCUT2D eigenvalue weighted by Crippen LogP contribution is 2.22. The van der Waals surface area contributed by atoms with Gasteiger partial charge in [0.1, 0.15) is 5.82 Å². The summed E-state index contributed by atoms with van der Waals surface area (Å²) >= 11 is 0. The summed E-state index contributed by atoms with van der Waals surface area (Å²) in [6, 6.07) is 10.1. The number of benzene rings is 2. The fraction of sp³-hybridized carbons (Fsp3) is 0.318. The van der Waals surface area contributed by atoms with Crippen LogP contribution in [0.1, 0.15) is 46.2 Å². The van der Waals surface area contributed by atoms with Gasteiger partial charge in [-0.25, -0.2) is 14.0 Å². The van der Waals surface area contributed by atoms with E-state index in [1.165, 1.54) is 44.6 Å². The van der Waals surface area contributed by atoms with Crippen LogP contribution in [0.25, 0.3) is 0 Å². The van der Waals surface area contributed by atoms with Gasteiger partial charge in [0, 0.05) is 11.7 Å². The SMILES string of the molecule is COC(=O)c1cc(NC(=O)CN[C@H](c2ccc(F)cc2)C(C)C)cc(C(=O)OC)c1. The van der Waals surface area contributed by atoms with Crippen molar-refractivity contribution in [1.82, 2.24) is 5.32 Å². The standard InChI is InChI=1S/C22H25FN2O5/c1-13(2)20(14-5-7-17(23)8-6-14)24-12-19(26)25-18-10-15(21(27)29-3)9-16(11-18)22(28)30-4/h5-11,13,20,24H,12H2,1-4H3,(H,25,26)/t20-/m0/s1. The Labute approximate surface area is 174 Å². The maximum Gasteiger partial charge on any atom is 0.337 e. The van der Waals surface area contributed by atoms with Gasteiger partial charge in [0.25, 0.3) is 0 Å². The molecule has 2 aromatic rings. The Balaban J connectivity index is 2.13. The van der Waals surface area contributed by atoms with Crippen molar-refractivity contribution in [2.24, 2.45) is 5.92 Å². The van der Waals surface area contributed by atoms with Crippen LogP contribution in [0.15, 0.2) is 42.5 Å². The van der Waals surface area contributed by atoms with E-state index in [2.05, 4.69) is 20.1 Å². The largest absolute Gasteiger partial charge is 0.465 e. The third-order valence-corrected chi connectivity index (χ3v) is 4.44. The molecule has 0 unspecified atom stereocenters. The Bertz CT molecular complexity index is 878. The molecule has 1 atom stereocenters. The lowest BCUT2D eigenvalue weighted by Gasteiger charge is -2.23. The van der Waals surface area contributed by atoms with Gasteiger partial charge in [-0.3, -0.25) is 4.79 Å². The van der Waals surface area contributed by atoms with Crippen molar-refractivity contribution in [3.63, 3.8) is 0 Å². The Hall–Kier alpha value is -3.26. The number of carbonyl (C=O) groups is 3. The Morgan fingerprint density at radius 2 is 1.47 bits per heavy atom. The van der Waals surface area contributed by atoms with E-state index in [1.54, 1.807) is 12.1 Å². The molecule has 30 heavy (non-hydrogen) atoms. The highest BCUT2D eigenvalue weighted by molar-refractivity contribution is 5.99. The maximum absolute atomic E-state index is 13.2. The first kappa shape index (κ1) is 23.0. The highest BCUT2D eigenvalue weighted by atomic mass is 19.1. The zero-order valence-corrected chi connectivity index (χ0v) is 17.3. The molecule has 160 valence electrons. The van der Waals surface area contributed by atoms with Gasteiger partial charge in [-0.15, -0.1) is 0 Å². The summed E-state index contributed by atoms with van der Waals surface area (Å²) in [6.07, 6.45) is 0. The number of nitrogens with one attached hydrogen (secondary N) is 2. The molecule has 2 aromatic carbocycles. The molecule has 2 N–H and O–H groups in total. The lowest BCUT2D eigenvalue weighted by Crippen LogP contribution is -2.33. The number of hydrogen-bond donors (Lipinski definition) is 2. The Morgan fingerprint density at radius 1 is 0.933 bits per heavy atom. The number of rotatable bonds is 8. The summed E-state index contributed by atoms with van der Waals surface area (Å²) in [5.41, 5.74) is 1.33. The minimum absolute atomic E-state index is 0.0315. The Morgan fingerprint density at radius 3 is 1.93 bits per heavy atom. The number of hydrogen-bond acceptors (Lipinski definition) is 6. The molecule has 0 aromatic heterocycles. The summed E-state index contributed by atoms with van der Waals surface area (Å²) in [4.78, 5) is 36.2. The second kappa shape index (κ2) is 10.5. The van der Waals surface area contributed by atoms with Gasteiger partial charge in [-0.1, -0.05) is 26.0 Å². The van der Waals surface area contributed by atoms with Gasteiger partial charge in [-0.2, -0.15) is 0 Å². The number of methoxy groups -OCH3 is 2. The monoisotopic (exact) mass is 416 g/mol. The lowest BCUT2D eigenvalue weighted by atomic mass is 9.96. The zero-order chi connectivity index (χ0) is 22.3. The van der Waals surface area contributed by atoms with E-state index in [0.717, 1.165) is 5.56 Å². The molecular weight excluding hydrogens is 391 g/mol. The number of amides is 1. The van der Waals surface area contributed by atoms with Gasteiger partial charge in [0.05, 0.1) is 31.9 Å². The molecule has 0 aliphatic carbocycles. The molecule has 0 fully saturated rings. The van der Waals surface area contributed by atoms with Crippen molar-refractivity contribution in [3.05, 3.63) is 65.0 Å². The minimum Gasteiger partial charge on any atom is -0.465 e. The van der Waals surface area contributed by atoms with Crippen LogP contribution in [-0.2, 0) is 14.3 Å². The van der Waals surface area contributed by atoms with E-state index in [9.17, 15) is 18.8 Å². The molecule has 0 spiro atoms. The quantitative estimate of drug-likeness (QED) is 0.641. The molecule has 0 aliphatic heterocycles. The van der Waals surface area contributed by atoms with Crippen LogP contribution in [0, 0.1) is 11.7 Å². The topological polar surface area (TPSA) is 93.7 Å². The normalized spacial score (nSPS) is 11.7. The summed E-state index contributed by atoms with van der Waals surface area (Å²) in [5, 5.41) is 5.81. The summed E-state index contributed by atoms with van der Waals surface area (Å²) in [7, 11) is 2.44. The second-order valence-electron chi connectivity index (χ2n) is 6.98. The molecular formula is C22H25FN2O5. The average Bonchev–Trinajstić information content (AvgIpc) is 2.73. The number of halogens is 1. The third kappa shape index (κ3) is 6.12. The molecule has 0 radical (unpaired) electrons. The predicted octanol–water partition coefficient (Wildman–Crippen LogP) is 3.32. The molecule has 0 heterocycles. The van der Waals surface area contributed by atoms with Crippen LogP contribution < -0.4 is 10.6 Å². The highest BCUT2D eigenvalue weighted by Gasteiger charge is 2.18. The van der Waals surface area contributed by atoms with Gasteiger partial charge in [-0.05, 0) is 41.8 Å². The lowest BCUT2D eigenvalue weighted by molar-refractivity contribution is -0.115. The van der Waals surface area contributed by atoms with Gasteiger partial charge in [0.15, 0.2) is 0 Å². The van der Waals surface area contributed by atoms with Crippen molar-refractivity contribution < 1.29 is 28.2 Å². The first-order valence-corrected chi connectivity index (χ1v) is 9.35. The van der Waals surface area contributed by atoms with Crippen LogP contribution in [0.4, 0.5) is 10.1 Å². The summed E-state index contributed by atoms with van der Waals surface area (Å²) in [5.74, 6) is -1.85. The number of ether oxygens (including phenoxy) is 2. The third-order valence-electron chi connectivity index (χ3n) is 4.44. The van der Waals surface area contributed by atoms with E-state index in [1.807, 2.05) is 13.8 Å². The average molecular weight is 416 g/mol. The van der Waals surface area contributed by atoms with E-state index in [0.29, 0.717) is 0 Å². The fourth-order valence-electron chi connectivity index (χ4n) is 2.99. The second-order valence-corrected chi connectivity index (χ2v) is 6.98. The van der Waals surface area contributed by atoms with Crippen LogP contribution >= 0.6 is 0 Å². The van der Waals surface area contributed by atoms with Crippen molar-refractivity contribution in [3.8, 4) is 0 Å². The maximum atomic E-state index is 13.2. The molecule has 8 heteroatoms. The zero-order valence-electron chi connectivity index (χ0n) is 17.3. The summed E-state index contributed by atoms with van der Waals surface area (Å²) < 4.78 is 22.6. The predicted molar refractivity (Wildman–Crippen MR) is 110 cm³/mol. The molecule has 1 amide bonds. The van der Waals surface area contributed by atoms with Crippen molar-refractivity contribution in [1.29, 1.82) is 0 Å². The smallest absolute Gasteiger partial charge is 0.337 e. The van der Waals surface area contributed by atoms with Crippen LogP contribution in [0.2, 0.25) is 0 Å². The van der Waals surface area contributed by atoms with Crippen LogP contribution in [0.3, 0.4) is 0 Å². The summed E-state index contributed by atoms with van der Waals surface area (Å²) in [6.45, 7) is 3.94. The van der Waals surface area contributed by atoms with Gasteiger partial charge < -0.3 is 20.1 Å². The first-order valence-electron chi connectivity index (χ1n) is 9.35. The van der Waals surface area contributed by atoms with E-state index in [-0.39, 0.29) is 47.0 Å². The van der Waals surface area contributed by atoms with E-state index >= 15 is 0 Å².